The third kappa shape index (κ3) is 4.29. The summed E-state index contributed by atoms with van der Waals surface area (Å²) in [5.41, 5.74) is 1.73. The van der Waals surface area contributed by atoms with Gasteiger partial charge in [0.05, 0.1) is 19.8 Å². The Bertz CT molecular complexity index is 771. The maximum atomic E-state index is 12.8. The van der Waals surface area contributed by atoms with Gasteiger partial charge in [-0.3, -0.25) is 9.69 Å². The second kappa shape index (κ2) is 8.34. The van der Waals surface area contributed by atoms with Crippen molar-refractivity contribution in [2.45, 2.75) is 38.5 Å². The lowest BCUT2D eigenvalue weighted by molar-refractivity contribution is -0.132. The molecule has 1 saturated carbocycles. The van der Waals surface area contributed by atoms with Crippen LogP contribution in [0.1, 0.15) is 37.7 Å². The van der Waals surface area contributed by atoms with E-state index in [4.69, 9.17) is 9.15 Å². The molecule has 1 aliphatic carbocycles. The van der Waals surface area contributed by atoms with E-state index in [1.807, 2.05) is 23.1 Å². The fraction of sp³-hybridized carbons (Fsp3) is 0.591. The molecular weight excluding hydrogens is 340 g/mol. The molecule has 4 rings (SSSR count). The summed E-state index contributed by atoms with van der Waals surface area (Å²) >= 11 is 0. The van der Waals surface area contributed by atoms with Gasteiger partial charge in [-0.05, 0) is 30.9 Å². The highest BCUT2D eigenvalue weighted by atomic mass is 16.5. The van der Waals surface area contributed by atoms with Crippen LogP contribution < -0.4 is 4.74 Å². The number of benzene rings is 1. The number of carbonyl (C=O) groups excluding carboxylic acids is 1. The van der Waals surface area contributed by atoms with Crippen molar-refractivity contribution in [2.24, 2.45) is 5.92 Å². The molecule has 2 aliphatic rings. The number of hydrogen-bond donors (Lipinski definition) is 0. The molecule has 27 heavy (non-hydrogen) atoms. The van der Waals surface area contributed by atoms with Gasteiger partial charge in [0, 0.05) is 49.7 Å². The largest absolute Gasteiger partial charge is 0.497 e. The number of amides is 1. The molecule has 1 aromatic heterocycles. The molecule has 1 aliphatic heterocycles. The van der Waals surface area contributed by atoms with E-state index < -0.39 is 0 Å². The predicted molar refractivity (Wildman–Crippen MR) is 106 cm³/mol. The zero-order valence-corrected chi connectivity index (χ0v) is 16.3. The van der Waals surface area contributed by atoms with Crippen LogP contribution in [-0.4, -0.2) is 55.5 Å². The van der Waals surface area contributed by atoms with Gasteiger partial charge >= 0.3 is 0 Å². The van der Waals surface area contributed by atoms with E-state index in [1.54, 1.807) is 13.4 Å². The predicted octanol–water partition coefficient (Wildman–Crippen LogP) is 3.71. The van der Waals surface area contributed by atoms with Crippen LogP contribution in [0, 0.1) is 5.92 Å². The number of fused-ring (bicyclic) bond motifs is 1. The third-order valence-electron chi connectivity index (χ3n) is 6.17. The van der Waals surface area contributed by atoms with Crippen molar-refractivity contribution in [2.75, 3.05) is 39.8 Å². The van der Waals surface area contributed by atoms with Gasteiger partial charge in [-0.25, -0.2) is 0 Å². The summed E-state index contributed by atoms with van der Waals surface area (Å²) in [5.74, 6) is 1.84. The topological polar surface area (TPSA) is 45.9 Å². The van der Waals surface area contributed by atoms with Gasteiger partial charge in [-0.1, -0.05) is 19.3 Å². The van der Waals surface area contributed by atoms with Crippen LogP contribution in [0.2, 0.25) is 0 Å². The Kier molecular flexibility index (Phi) is 5.67. The lowest BCUT2D eigenvalue weighted by Gasteiger charge is -2.37. The van der Waals surface area contributed by atoms with Gasteiger partial charge in [-0.2, -0.15) is 0 Å². The third-order valence-corrected chi connectivity index (χ3v) is 6.17. The minimum Gasteiger partial charge on any atom is -0.497 e. The molecule has 2 aromatic rings. The minimum atomic E-state index is 0.200. The van der Waals surface area contributed by atoms with Gasteiger partial charge in [0.15, 0.2) is 0 Å². The molecule has 0 bridgehead atoms. The first-order valence-corrected chi connectivity index (χ1v) is 10.3. The molecular formula is C22H30N2O3. The first kappa shape index (κ1) is 18.4. The average Bonchev–Trinajstić information content (AvgIpc) is 3.11. The number of nitrogens with zero attached hydrogens (tertiary/aromatic N) is 2. The van der Waals surface area contributed by atoms with E-state index in [-0.39, 0.29) is 5.91 Å². The van der Waals surface area contributed by atoms with Crippen LogP contribution in [0.5, 0.6) is 5.75 Å². The Morgan fingerprint density at radius 3 is 2.67 bits per heavy atom. The summed E-state index contributed by atoms with van der Waals surface area (Å²) in [5, 5.41) is 1.00. The number of rotatable bonds is 5. The molecule has 1 amide bonds. The highest BCUT2D eigenvalue weighted by molar-refractivity contribution is 5.88. The Morgan fingerprint density at radius 1 is 1.15 bits per heavy atom. The van der Waals surface area contributed by atoms with Gasteiger partial charge in [0.1, 0.15) is 11.3 Å². The van der Waals surface area contributed by atoms with Crippen LogP contribution in [0.3, 0.4) is 0 Å². The molecule has 0 spiro atoms. The van der Waals surface area contributed by atoms with Crippen molar-refractivity contribution < 1.29 is 13.9 Å². The highest BCUT2D eigenvalue weighted by Gasteiger charge is 2.24. The molecule has 0 radical (unpaired) electrons. The fourth-order valence-corrected chi connectivity index (χ4v) is 4.52. The van der Waals surface area contributed by atoms with E-state index in [0.717, 1.165) is 54.4 Å². The van der Waals surface area contributed by atoms with Crippen LogP contribution in [0.4, 0.5) is 0 Å². The van der Waals surface area contributed by atoms with E-state index in [2.05, 4.69) is 4.90 Å². The van der Waals surface area contributed by atoms with Gasteiger partial charge in [0.2, 0.25) is 5.91 Å². The van der Waals surface area contributed by atoms with E-state index in [9.17, 15) is 4.79 Å². The molecule has 0 unspecified atom stereocenters. The first-order chi connectivity index (χ1) is 13.2. The van der Waals surface area contributed by atoms with Crippen molar-refractivity contribution in [1.82, 2.24) is 9.80 Å². The number of hydrogen-bond acceptors (Lipinski definition) is 4. The van der Waals surface area contributed by atoms with Crippen molar-refractivity contribution in [3.63, 3.8) is 0 Å². The zero-order chi connectivity index (χ0) is 18.6. The van der Waals surface area contributed by atoms with Gasteiger partial charge in [-0.15, -0.1) is 0 Å². The summed E-state index contributed by atoms with van der Waals surface area (Å²) in [6.07, 6.45) is 9.09. The molecule has 146 valence electrons. The molecule has 0 atom stereocenters. The molecule has 1 aromatic carbocycles. The molecule has 5 heteroatoms. The van der Waals surface area contributed by atoms with Gasteiger partial charge < -0.3 is 14.1 Å². The highest BCUT2D eigenvalue weighted by Crippen LogP contribution is 2.27. The van der Waals surface area contributed by atoms with Crippen LogP contribution in [-0.2, 0) is 11.2 Å². The average molecular weight is 370 g/mol. The Balaban J connectivity index is 1.30. The Morgan fingerprint density at radius 2 is 1.93 bits per heavy atom. The molecule has 2 heterocycles. The van der Waals surface area contributed by atoms with Gasteiger partial charge in [0.25, 0.3) is 0 Å². The number of ether oxygens (including phenoxy) is 1. The maximum absolute atomic E-state index is 12.8. The zero-order valence-electron chi connectivity index (χ0n) is 16.3. The molecule has 0 N–H and O–H groups in total. The number of methoxy groups -OCH3 is 1. The van der Waals surface area contributed by atoms with Crippen LogP contribution in [0.25, 0.3) is 11.0 Å². The first-order valence-electron chi connectivity index (χ1n) is 10.3. The maximum Gasteiger partial charge on any atom is 0.227 e. The summed E-state index contributed by atoms with van der Waals surface area (Å²) in [4.78, 5) is 17.3. The normalized spacial score (nSPS) is 19.5. The Labute approximate surface area is 161 Å². The smallest absolute Gasteiger partial charge is 0.227 e. The van der Waals surface area contributed by atoms with E-state index in [1.165, 1.54) is 38.6 Å². The van der Waals surface area contributed by atoms with Crippen LogP contribution >= 0.6 is 0 Å². The monoisotopic (exact) mass is 370 g/mol. The standard InChI is InChI=1S/C22H30N2O3/c1-26-19-7-8-20-18(16-27-21(20)14-19)13-22(25)24-11-9-23(10-12-24)15-17-5-3-2-4-6-17/h7-8,14,16-17H,2-6,9-13,15H2,1H3. The molecule has 5 nitrogen and oxygen atoms in total. The second-order valence-electron chi connectivity index (χ2n) is 7.99. The summed E-state index contributed by atoms with van der Waals surface area (Å²) < 4.78 is 10.9. The van der Waals surface area contributed by atoms with Crippen molar-refractivity contribution in [3.05, 3.63) is 30.0 Å². The Hall–Kier alpha value is -2.01. The molecule has 1 saturated heterocycles. The fourth-order valence-electron chi connectivity index (χ4n) is 4.52. The quantitative estimate of drug-likeness (QED) is 0.805. The lowest BCUT2D eigenvalue weighted by atomic mass is 9.89. The second-order valence-corrected chi connectivity index (χ2v) is 7.99. The van der Waals surface area contributed by atoms with E-state index in [0.29, 0.717) is 6.42 Å². The van der Waals surface area contributed by atoms with Crippen molar-refractivity contribution >= 4 is 16.9 Å². The number of furan rings is 1. The summed E-state index contributed by atoms with van der Waals surface area (Å²) in [6.45, 7) is 4.91. The van der Waals surface area contributed by atoms with Crippen molar-refractivity contribution in [1.29, 1.82) is 0 Å². The summed E-state index contributed by atoms with van der Waals surface area (Å²) in [6, 6.07) is 5.76. The molecule has 2 fully saturated rings. The number of carbonyl (C=O) groups is 1. The van der Waals surface area contributed by atoms with Crippen molar-refractivity contribution in [3.8, 4) is 5.75 Å². The number of piperazine rings is 1. The summed E-state index contributed by atoms with van der Waals surface area (Å²) in [7, 11) is 1.64. The van der Waals surface area contributed by atoms with E-state index >= 15 is 0 Å². The van der Waals surface area contributed by atoms with Crippen LogP contribution in [0.15, 0.2) is 28.9 Å². The lowest BCUT2D eigenvalue weighted by Crippen LogP contribution is -2.50. The minimum absolute atomic E-state index is 0.200. The SMILES string of the molecule is COc1ccc2c(CC(=O)N3CCN(CC4CCCCC4)CC3)coc2c1.